The Morgan fingerprint density at radius 2 is 2.04 bits per heavy atom. The number of rotatable bonds is 3. The fourth-order valence-corrected chi connectivity index (χ4v) is 2.14. The first-order valence-corrected chi connectivity index (χ1v) is 7.12. The van der Waals surface area contributed by atoms with E-state index in [9.17, 15) is 9.59 Å². The first kappa shape index (κ1) is 14.9. The molecule has 0 aliphatic rings. The molecule has 6 heteroatoms. The third-order valence-electron chi connectivity index (χ3n) is 3.36. The number of esters is 1. The maximum Gasteiger partial charge on any atom is 0.340 e. The number of carbonyl (C=O) groups excluding carboxylic acids is 1. The molecule has 3 aromatic rings. The number of hydrogen-bond acceptors (Lipinski definition) is 5. The van der Waals surface area contributed by atoms with Crippen LogP contribution in [0, 0.1) is 13.8 Å². The fraction of sp³-hybridized carbons (Fsp3) is 0.176. The predicted octanol–water partition coefficient (Wildman–Crippen LogP) is 2.06. The quantitative estimate of drug-likeness (QED) is 0.692. The average molecular weight is 309 g/mol. The minimum Gasteiger partial charge on any atom is -0.456 e. The number of carbonyl (C=O) groups is 1. The second-order valence-corrected chi connectivity index (χ2v) is 5.28. The summed E-state index contributed by atoms with van der Waals surface area (Å²) < 4.78 is 6.65. The zero-order chi connectivity index (χ0) is 16.4. The van der Waals surface area contributed by atoms with Gasteiger partial charge in [-0.3, -0.25) is 14.2 Å². The summed E-state index contributed by atoms with van der Waals surface area (Å²) in [4.78, 5) is 32.4. The zero-order valence-corrected chi connectivity index (χ0v) is 12.8. The van der Waals surface area contributed by atoms with Gasteiger partial charge in [-0.1, -0.05) is 6.07 Å². The lowest BCUT2D eigenvalue weighted by atomic mass is 10.2. The van der Waals surface area contributed by atoms with E-state index in [4.69, 9.17) is 4.74 Å². The molecule has 0 fully saturated rings. The lowest BCUT2D eigenvalue weighted by Crippen LogP contribution is -2.17. The van der Waals surface area contributed by atoms with E-state index in [1.54, 1.807) is 24.4 Å². The normalized spacial score (nSPS) is 10.7. The van der Waals surface area contributed by atoms with Crippen molar-refractivity contribution < 1.29 is 9.53 Å². The highest BCUT2D eigenvalue weighted by atomic mass is 16.5. The van der Waals surface area contributed by atoms with Crippen molar-refractivity contribution in [2.45, 2.75) is 20.5 Å². The zero-order valence-electron chi connectivity index (χ0n) is 12.8. The largest absolute Gasteiger partial charge is 0.456 e. The van der Waals surface area contributed by atoms with Gasteiger partial charge in [-0.05, 0) is 37.6 Å². The molecule has 0 radical (unpaired) electrons. The molecule has 6 nitrogen and oxygen atoms in total. The minimum absolute atomic E-state index is 0.0632. The van der Waals surface area contributed by atoms with Crippen molar-refractivity contribution in [3.05, 3.63) is 75.6 Å². The van der Waals surface area contributed by atoms with Gasteiger partial charge in [0.25, 0.3) is 5.56 Å². The highest BCUT2D eigenvalue weighted by molar-refractivity contribution is 5.88. The van der Waals surface area contributed by atoms with Gasteiger partial charge in [0, 0.05) is 24.2 Å². The van der Waals surface area contributed by atoms with Crippen LogP contribution in [-0.4, -0.2) is 20.3 Å². The van der Waals surface area contributed by atoms with E-state index in [2.05, 4.69) is 9.97 Å². The molecule has 0 amide bonds. The Morgan fingerprint density at radius 3 is 2.78 bits per heavy atom. The van der Waals surface area contributed by atoms with Gasteiger partial charge >= 0.3 is 5.97 Å². The molecule has 0 aliphatic heterocycles. The summed E-state index contributed by atoms with van der Waals surface area (Å²) in [6.45, 7) is 3.67. The van der Waals surface area contributed by atoms with Crippen LogP contribution >= 0.6 is 0 Å². The second kappa shape index (κ2) is 6.00. The summed E-state index contributed by atoms with van der Waals surface area (Å²) in [6, 6.07) is 8.38. The Kier molecular flexibility index (Phi) is 3.89. The topological polar surface area (TPSA) is 73.6 Å². The molecule has 23 heavy (non-hydrogen) atoms. The molecule has 116 valence electrons. The third kappa shape index (κ3) is 3.26. The van der Waals surface area contributed by atoms with Gasteiger partial charge in [-0.15, -0.1) is 0 Å². The summed E-state index contributed by atoms with van der Waals surface area (Å²) in [5, 5.41) is 0. The predicted molar refractivity (Wildman–Crippen MR) is 84.3 cm³/mol. The van der Waals surface area contributed by atoms with Crippen LogP contribution in [0.3, 0.4) is 0 Å². The van der Waals surface area contributed by atoms with Gasteiger partial charge in [-0.25, -0.2) is 9.78 Å². The van der Waals surface area contributed by atoms with E-state index in [0.717, 1.165) is 11.3 Å². The number of aromatic nitrogens is 3. The van der Waals surface area contributed by atoms with E-state index < -0.39 is 5.97 Å². The van der Waals surface area contributed by atoms with E-state index in [1.807, 2.05) is 19.9 Å². The Balaban J connectivity index is 1.79. The summed E-state index contributed by atoms with van der Waals surface area (Å²) in [5.41, 5.74) is 2.87. The maximum atomic E-state index is 12.1. The van der Waals surface area contributed by atoms with Gasteiger partial charge in [0.15, 0.2) is 0 Å². The summed E-state index contributed by atoms with van der Waals surface area (Å²) in [6.07, 6.45) is 3.18. The molecule has 0 N–H and O–H groups in total. The number of hydrogen-bond donors (Lipinski definition) is 0. The highest BCUT2D eigenvalue weighted by Gasteiger charge is 2.09. The number of pyridine rings is 2. The van der Waals surface area contributed by atoms with Crippen LogP contribution in [-0.2, 0) is 11.3 Å². The first-order chi connectivity index (χ1) is 11.0. The standard InChI is InChI=1S/C17H15N3O3/c1-11-3-6-15-19-14(7-16(21)20(15)9-11)10-23-17(22)13-5-4-12(2)18-8-13/h3-9H,10H2,1-2H3. The van der Waals surface area contributed by atoms with Crippen molar-refractivity contribution in [1.82, 2.24) is 14.4 Å². The average Bonchev–Trinajstić information content (AvgIpc) is 2.54. The van der Waals surface area contributed by atoms with E-state index >= 15 is 0 Å². The van der Waals surface area contributed by atoms with Crippen LogP contribution in [0.15, 0.2) is 47.5 Å². The number of aryl methyl sites for hydroxylation is 2. The lowest BCUT2D eigenvalue weighted by Gasteiger charge is -2.06. The van der Waals surface area contributed by atoms with Gasteiger partial charge < -0.3 is 4.74 Å². The third-order valence-corrected chi connectivity index (χ3v) is 3.36. The van der Waals surface area contributed by atoms with Crippen LogP contribution in [0.4, 0.5) is 0 Å². The SMILES string of the molecule is Cc1ccc2nc(COC(=O)c3ccc(C)nc3)cc(=O)n2c1. The van der Waals surface area contributed by atoms with Gasteiger partial charge in [-0.2, -0.15) is 0 Å². The molecule has 3 rings (SSSR count). The van der Waals surface area contributed by atoms with Crippen LogP contribution in [0.25, 0.3) is 5.65 Å². The maximum absolute atomic E-state index is 12.1. The van der Waals surface area contributed by atoms with Crippen molar-refractivity contribution in [2.24, 2.45) is 0 Å². The van der Waals surface area contributed by atoms with Crippen molar-refractivity contribution in [1.29, 1.82) is 0 Å². The molecule has 0 aliphatic carbocycles. The lowest BCUT2D eigenvalue weighted by molar-refractivity contribution is 0.0467. The van der Waals surface area contributed by atoms with E-state index in [1.165, 1.54) is 16.7 Å². The molecular weight excluding hydrogens is 294 g/mol. The summed E-state index contributed by atoms with van der Waals surface area (Å²) in [5.74, 6) is -0.497. The molecule has 0 spiro atoms. The van der Waals surface area contributed by atoms with E-state index in [0.29, 0.717) is 16.9 Å². The number of fused-ring (bicyclic) bond motifs is 1. The van der Waals surface area contributed by atoms with Crippen molar-refractivity contribution in [2.75, 3.05) is 0 Å². The molecule has 0 aromatic carbocycles. The highest BCUT2D eigenvalue weighted by Crippen LogP contribution is 2.06. The first-order valence-electron chi connectivity index (χ1n) is 7.12. The number of ether oxygens (including phenoxy) is 1. The fourth-order valence-electron chi connectivity index (χ4n) is 2.14. The summed E-state index contributed by atoms with van der Waals surface area (Å²) in [7, 11) is 0. The molecule has 0 saturated heterocycles. The Morgan fingerprint density at radius 1 is 1.22 bits per heavy atom. The van der Waals surface area contributed by atoms with Crippen LogP contribution < -0.4 is 5.56 Å². The van der Waals surface area contributed by atoms with Gasteiger partial charge in [0.1, 0.15) is 12.3 Å². The molecule has 0 saturated carbocycles. The monoisotopic (exact) mass is 309 g/mol. The van der Waals surface area contributed by atoms with Gasteiger partial charge in [0.2, 0.25) is 0 Å². The smallest absolute Gasteiger partial charge is 0.340 e. The second-order valence-electron chi connectivity index (χ2n) is 5.28. The molecule has 3 aromatic heterocycles. The van der Waals surface area contributed by atoms with Crippen molar-refractivity contribution in [3.63, 3.8) is 0 Å². The van der Waals surface area contributed by atoms with Crippen LogP contribution in [0.5, 0.6) is 0 Å². The Bertz CT molecular complexity index is 930. The molecule has 0 atom stereocenters. The van der Waals surface area contributed by atoms with Crippen molar-refractivity contribution in [3.8, 4) is 0 Å². The van der Waals surface area contributed by atoms with Crippen LogP contribution in [0.2, 0.25) is 0 Å². The molecule has 3 heterocycles. The number of nitrogens with zero attached hydrogens (tertiary/aromatic N) is 3. The van der Waals surface area contributed by atoms with E-state index in [-0.39, 0.29) is 12.2 Å². The Labute approximate surface area is 132 Å². The molecule has 0 unspecified atom stereocenters. The molecular formula is C17H15N3O3. The Hall–Kier alpha value is -3.02. The summed E-state index contributed by atoms with van der Waals surface area (Å²) >= 11 is 0. The van der Waals surface area contributed by atoms with Gasteiger partial charge in [0.05, 0.1) is 11.3 Å². The molecule has 0 bridgehead atoms. The van der Waals surface area contributed by atoms with Crippen LogP contribution in [0.1, 0.15) is 27.3 Å². The minimum atomic E-state index is -0.497. The van der Waals surface area contributed by atoms with Crippen molar-refractivity contribution >= 4 is 11.6 Å².